The zero-order chi connectivity index (χ0) is 20.0. The van der Waals surface area contributed by atoms with Gasteiger partial charge >= 0.3 is 0 Å². The normalized spacial score (nSPS) is 45.9. The van der Waals surface area contributed by atoms with Crippen molar-refractivity contribution in [3.8, 4) is 0 Å². The van der Waals surface area contributed by atoms with Gasteiger partial charge in [0.15, 0.2) is 5.78 Å². The van der Waals surface area contributed by atoms with Crippen LogP contribution in [0.2, 0.25) is 0 Å². The summed E-state index contributed by atoms with van der Waals surface area (Å²) in [6, 6.07) is 0. The van der Waals surface area contributed by atoms with Gasteiger partial charge in [0.2, 0.25) is 0 Å². The van der Waals surface area contributed by atoms with Gasteiger partial charge in [0.05, 0.1) is 11.7 Å². The Hall–Kier alpha value is -0.750. The molecule has 5 rings (SSSR count). The molecule has 5 aliphatic rings. The van der Waals surface area contributed by atoms with Crippen LogP contribution in [0, 0.1) is 35.5 Å². The Labute approximate surface area is 174 Å². The third-order valence-corrected chi connectivity index (χ3v) is 8.96. The first kappa shape index (κ1) is 20.2. The van der Waals surface area contributed by atoms with E-state index in [0.717, 1.165) is 31.6 Å². The van der Waals surface area contributed by atoms with Crippen LogP contribution in [-0.2, 0) is 23.7 Å². The lowest BCUT2D eigenvalue weighted by Gasteiger charge is -2.52. The van der Waals surface area contributed by atoms with Crippen molar-refractivity contribution in [2.45, 2.75) is 69.5 Å². The number of hydrogen-bond acceptors (Lipinski definition) is 5. The Morgan fingerprint density at radius 2 is 1.86 bits per heavy atom. The second kappa shape index (κ2) is 8.07. The van der Waals surface area contributed by atoms with Crippen LogP contribution in [0.15, 0.2) is 11.6 Å². The van der Waals surface area contributed by atoms with Crippen LogP contribution < -0.4 is 0 Å². The van der Waals surface area contributed by atoms with Gasteiger partial charge < -0.3 is 18.9 Å². The minimum atomic E-state index is -0.187. The van der Waals surface area contributed by atoms with E-state index in [1.807, 2.05) is 6.08 Å². The zero-order valence-electron chi connectivity index (χ0n) is 17.9. The molecule has 0 aromatic carbocycles. The Balaban J connectivity index is 1.53. The van der Waals surface area contributed by atoms with Gasteiger partial charge in [-0.05, 0) is 74.2 Å². The van der Waals surface area contributed by atoms with E-state index in [2.05, 4.69) is 0 Å². The number of carbonyl (C=O) groups excluding carboxylic acids is 1. The summed E-state index contributed by atoms with van der Waals surface area (Å²) in [6.07, 6.45) is 12.4. The predicted molar refractivity (Wildman–Crippen MR) is 108 cm³/mol. The molecule has 0 radical (unpaired) electrons. The molecule has 29 heavy (non-hydrogen) atoms. The summed E-state index contributed by atoms with van der Waals surface area (Å²) in [5, 5.41) is 0. The number of rotatable bonds is 6. The number of fused-ring (bicyclic) bond motifs is 9. The molecule has 0 aliphatic heterocycles. The molecule has 0 amide bonds. The van der Waals surface area contributed by atoms with Gasteiger partial charge in [-0.3, -0.25) is 4.79 Å². The molecule has 0 N–H and O–H groups in total. The fourth-order valence-corrected chi connectivity index (χ4v) is 8.21. The summed E-state index contributed by atoms with van der Waals surface area (Å²) in [7, 11) is 3.43. The maximum Gasteiger partial charge on any atom is 0.155 e. The van der Waals surface area contributed by atoms with E-state index in [4.69, 9.17) is 18.9 Å². The van der Waals surface area contributed by atoms with Crippen LogP contribution in [0.1, 0.15) is 57.8 Å². The molecule has 8 atom stereocenters. The first-order chi connectivity index (χ1) is 14.2. The Morgan fingerprint density at radius 3 is 2.66 bits per heavy atom. The molecular weight excluding hydrogens is 368 g/mol. The minimum absolute atomic E-state index is 0.187. The maximum atomic E-state index is 12.2. The Morgan fingerprint density at radius 1 is 1.07 bits per heavy atom. The fourth-order valence-electron chi connectivity index (χ4n) is 8.21. The second-order valence-electron chi connectivity index (χ2n) is 10.1. The largest absolute Gasteiger partial charge is 0.359 e. The summed E-state index contributed by atoms with van der Waals surface area (Å²) in [6.45, 7) is 0.717. The average Bonchev–Trinajstić information content (AvgIpc) is 2.99. The quantitative estimate of drug-likeness (QED) is 0.624. The van der Waals surface area contributed by atoms with Crippen LogP contribution in [-0.4, -0.2) is 45.3 Å². The van der Waals surface area contributed by atoms with Crippen molar-refractivity contribution in [2.24, 2.45) is 35.5 Å². The van der Waals surface area contributed by atoms with E-state index in [9.17, 15) is 4.79 Å². The highest BCUT2D eigenvalue weighted by atomic mass is 16.7. The molecule has 0 spiro atoms. The van der Waals surface area contributed by atoms with Gasteiger partial charge in [-0.2, -0.15) is 0 Å². The number of methoxy groups -OCH3 is 2. The van der Waals surface area contributed by atoms with Gasteiger partial charge in [0.25, 0.3) is 0 Å². The zero-order valence-corrected chi connectivity index (χ0v) is 17.9. The van der Waals surface area contributed by atoms with Crippen molar-refractivity contribution < 1.29 is 23.7 Å². The number of ketones is 1. The molecule has 4 fully saturated rings. The summed E-state index contributed by atoms with van der Waals surface area (Å²) in [4.78, 5) is 12.2. The molecule has 4 saturated carbocycles. The lowest BCUT2D eigenvalue weighted by Crippen LogP contribution is -2.53. The van der Waals surface area contributed by atoms with Crippen LogP contribution in [0.25, 0.3) is 0 Å². The highest BCUT2D eigenvalue weighted by Crippen LogP contribution is 2.67. The van der Waals surface area contributed by atoms with Crippen molar-refractivity contribution in [3.05, 3.63) is 11.6 Å². The summed E-state index contributed by atoms with van der Waals surface area (Å²) in [5.74, 6) is 3.87. The monoisotopic (exact) mass is 404 g/mol. The SMILES string of the molecule is COCO[C@@H]1C[C@@H]2[C@@H]([C@H]3CC4=CC(=O)CC[C@H]4[C@]2(OCOC)C3)[C@@H]2CCCC[C@H]21. The second-order valence-corrected chi connectivity index (χ2v) is 10.1. The van der Waals surface area contributed by atoms with Crippen molar-refractivity contribution in [1.29, 1.82) is 0 Å². The van der Waals surface area contributed by atoms with Crippen LogP contribution in [0.4, 0.5) is 0 Å². The molecule has 162 valence electrons. The highest BCUT2D eigenvalue weighted by Gasteiger charge is 2.66. The predicted octanol–water partition coefficient (Wildman–Crippen LogP) is 4.11. The molecule has 0 saturated heterocycles. The fraction of sp³-hybridized carbons (Fsp3) is 0.875. The van der Waals surface area contributed by atoms with Gasteiger partial charge in [0.1, 0.15) is 13.6 Å². The van der Waals surface area contributed by atoms with Crippen LogP contribution in [0.3, 0.4) is 0 Å². The standard InChI is InChI=1S/C24H36O5/c1-26-13-28-22-11-21-23(19-6-4-3-5-18(19)22)16-9-15-10-17(25)7-8-20(15)24(21,12-16)29-14-27-2/h10,16,18-23H,3-9,11-14H2,1-2H3/t16-,18+,19+,20+,21+,22+,23-,24+/m0/s1. The van der Waals surface area contributed by atoms with Crippen LogP contribution >= 0.6 is 0 Å². The molecule has 5 heteroatoms. The maximum absolute atomic E-state index is 12.2. The highest BCUT2D eigenvalue weighted by molar-refractivity contribution is 5.91. The van der Waals surface area contributed by atoms with Crippen molar-refractivity contribution in [3.63, 3.8) is 0 Å². The molecule has 5 aliphatic carbocycles. The van der Waals surface area contributed by atoms with Crippen molar-refractivity contribution in [1.82, 2.24) is 0 Å². The molecule has 2 bridgehead atoms. The Kier molecular flexibility index (Phi) is 5.61. The number of ether oxygens (including phenoxy) is 4. The lowest BCUT2D eigenvalue weighted by molar-refractivity contribution is -0.203. The van der Waals surface area contributed by atoms with Gasteiger partial charge in [-0.1, -0.05) is 18.4 Å². The smallest absolute Gasteiger partial charge is 0.155 e. The topological polar surface area (TPSA) is 54.0 Å². The van der Waals surface area contributed by atoms with Gasteiger partial charge in [-0.15, -0.1) is 0 Å². The van der Waals surface area contributed by atoms with Crippen molar-refractivity contribution in [2.75, 3.05) is 27.8 Å². The third kappa shape index (κ3) is 3.24. The Bertz CT molecular complexity index is 660. The molecule has 0 aromatic rings. The number of hydrogen-bond donors (Lipinski definition) is 0. The van der Waals surface area contributed by atoms with E-state index in [0.29, 0.717) is 55.4 Å². The van der Waals surface area contributed by atoms with Crippen molar-refractivity contribution >= 4 is 5.78 Å². The van der Waals surface area contributed by atoms with E-state index in [1.165, 1.54) is 31.3 Å². The molecule has 0 aromatic heterocycles. The van der Waals surface area contributed by atoms with E-state index < -0.39 is 0 Å². The molecular formula is C24H36O5. The van der Waals surface area contributed by atoms with Gasteiger partial charge in [-0.25, -0.2) is 0 Å². The van der Waals surface area contributed by atoms with Gasteiger partial charge in [0, 0.05) is 26.6 Å². The first-order valence-corrected chi connectivity index (χ1v) is 11.6. The van der Waals surface area contributed by atoms with E-state index >= 15 is 0 Å². The average molecular weight is 405 g/mol. The molecule has 5 nitrogen and oxygen atoms in total. The van der Waals surface area contributed by atoms with E-state index in [1.54, 1.807) is 14.2 Å². The first-order valence-electron chi connectivity index (χ1n) is 11.6. The third-order valence-electron chi connectivity index (χ3n) is 8.96. The lowest BCUT2D eigenvalue weighted by atomic mass is 9.58. The summed E-state index contributed by atoms with van der Waals surface area (Å²) in [5.41, 5.74) is 1.18. The molecule has 0 unspecified atom stereocenters. The number of allylic oxidation sites excluding steroid dienone is 1. The number of carbonyl (C=O) groups is 1. The summed E-state index contributed by atoms with van der Waals surface area (Å²) < 4.78 is 23.6. The summed E-state index contributed by atoms with van der Waals surface area (Å²) >= 11 is 0. The minimum Gasteiger partial charge on any atom is -0.359 e. The van der Waals surface area contributed by atoms with E-state index in [-0.39, 0.29) is 11.7 Å². The van der Waals surface area contributed by atoms with Crippen LogP contribution in [0.5, 0.6) is 0 Å². The molecule has 0 heterocycles.